The van der Waals surface area contributed by atoms with Gasteiger partial charge in [0.15, 0.2) is 5.69 Å². The van der Waals surface area contributed by atoms with E-state index in [1.807, 2.05) is 11.0 Å². The number of likely N-dealkylation sites (tertiary alicyclic amines) is 1. The summed E-state index contributed by atoms with van der Waals surface area (Å²) in [4.78, 5) is 15.0. The molecule has 1 amide bonds. The molecular formula is C29H26F3N3O2. The van der Waals surface area contributed by atoms with Gasteiger partial charge < -0.3 is 9.32 Å². The van der Waals surface area contributed by atoms with Crippen LogP contribution in [0.25, 0.3) is 16.9 Å². The van der Waals surface area contributed by atoms with Crippen LogP contribution in [-0.4, -0.2) is 33.7 Å². The first-order valence-electron chi connectivity index (χ1n) is 12.6. The normalized spacial score (nSPS) is 15.9. The third-order valence-electron chi connectivity index (χ3n) is 7.48. The van der Waals surface area contributed by atoms with Gasteiger partial charge in [-0.15, -0.1) is 0 Å². The molecule has 1 aliphatic carbocycles. The topological polar surface area (TPSA) is 51.3 Å². The SMILES string of the molecule is O=C(c1ccc(-n2nc(C(F)(F)F)c3c2-c2ccoc2CC3)cc1)N1CCC(Cc2ccccc2)CC1. The van der Waals surface area contributed by atoms with Gasteiger partial charge >= 0.3 is 6.18 Å². The van der Waals surface area contributed by atoms with Gasteiger partial charge in [-0.3, -0.25) is 4.79 Å². The van der Waals surface area contributed by atoms with Crippen molar-refractivity contribution in [2.75, 3.05) is 13.1 Å². The summed E-state index contributed by atoms with van der Waals surface area (Å²) < 4.78 is 48.2. The minimum Gasteiger partial charge on any atom is -0.469 e. The number of nitrogens with zero attached hydrogens (tertiary/aromatic N) is 3. The first kappa shape index (κ1) is 23.6. The van der Waals surface area contributed by atoms with E-state index in [1.54, 1.807) is 30.3 Å². The van der Waals surface area contributed by atoms with Crippen LogP contribution in [0.5, 0.6) is 0 Å². The number of amides is 1. The van der Waals surface area contributed by atoms with Crippen LogP contribution in [-0.2, 0) is 25.4 Å². The number of benzene rings is 2. The number of fused-ring (bicyclic) bond motifs is 3. The third-order valence-corrected chi connectivity index (χ3v) is 7.48. The van der Waals surface area contributed by atoms with E-state index in [0.717, 1.165) is 19.3 Å². The summed E-state index contributed by atoms with van der Waals surface area (Å²) in [6.07, 6.45) is 0.468. The van der Waals surface area contributed by atoms with Crippen molar-refractivity contribution in [3.8, 4) is 16.9 Å². The summed E-state index contributed by atoms with van der Waals surface area (Å²) in [5.74, 6) is 1.15. The fourth-order valence-electron chi connectivity index (χ4n) is 5.58. The molecule has 8 heteroatoms. The maximum Gasteiger partial charge on any atom is 0.435 e. The lowest BCUT2D eigenvalue weighted by Crippen LogP contribution is -2.38. The molecule has 3 heterocycles. The predicted octanol–water partition coefficient (Wildman–Crippen LogP) is 6.34. The number of furan rings is 1. The summed E-state index contributed by atoms with van der Waals surface area (Å²) in [6.45, 7) is 1.39. The highest BCUT2D eigenvalue weighted by Crippen LogP contribution is 2.42. The maximum absolute atomic E-state index is 13.8. The van der Waals surface area contributed by atoms with E-state index in [4.69, 9.17) is 4.42 Å². The van der Waals surface area contributed by atoms with Crippen LogP contribution in [0, 0.1) is 5.92 Å². The molecule has 190 valence electrons. The molecule has 0 bridgehead atoms. The Morgan fingerprint density at radius 1 is 0.973 bits per heavy atom. The Hall–Kier alpha value is -3.81. The average Bonchev–Trinajstić information content (AvgIpc) is 3.54. The zero-order chi connectivity index (χ0) is 25.6. The zero-order valence-corrected chi connectivity index (χ0v) is 20.2. The second-order valence-electron chi connectivity index (χ2n) is 9.81. The van der Waals surface area contributed by atoms with Crippen molar-refractivity contribution in [1.29, 1.82) is 0 Å². The van der Waals surface area contributed by atoms with Gasteiger partial charge in [0, 0.05) is 36.2 Å². The molecule has 2 aromatic heterocycles. The van der Waals surface area contributed by atoms with Gasteiger partial charge in [0.25, 0.3) is 5.91 Å². The smallest absolute Gasteiger partial charge is 0.435 e. The molecule has 6 rings (SSSR count). The fraction of sp³-hybridized carbons (Fsp3) is 0.310. The molecule has 2 aromatic carbocycles. The number of carbonyl (C=O) groups excluding carboxylic acids is 1. The summed E-state index contributed by atoms with van der Waals surface area (Å²) >= 11 is 0. The van der Waals surface area contributed by atoms with Crippen LogP contribution in [0.15, 0.2) is 71.3 Å². The quantitative estimate of drug-likeness (QED) is 0.325. The summed E-state index contributed by atoms with van der Waals surface area (Å²) in [7, 11) is 0. The molecule has 0 N–H and O–H groups in total. The molecule has 1 fully saturated rings. The number of piperidine rings is 1. The highest BCUT2D eigenvalue weighted by molar-refractivity contribution is 5.94. The number of carbonyl (C=O) groups is 1. The highest BCUT2D eigenvalue weighted by Gasteiger charge is 2.41. The number of aromatic nitrogens is 2. The Morgan fingerprint density at radius 3 is 2.41 bits per heavy atom. The van der Waals surface area contributed by atoms with E-state index in [9.17, 15) is 18.0 Å². The van der Waals surface area contributed by atoms with Gasteiger partial charge in [-0.25, -0.2) is 4.68 Å². The van der Waals surface area contributed by atoms with E-state index >= 15 is 0 Å². The van der Waals surface area contributed by atoms with Crippen LogP contribution in [0.1, 0.15) is 45.8 Å². The predicted molar refractivity (Wildman–Crippen MR) is 132 cm³/mol. The molecule has 37 heavy (non-hydrogen) atoms. The number of rotatable bonds is 4. The van der Waals surface area contributed by atoms with Gasteiger partial charge in [0.05, 0.1) is 17.6 Å². The van der Waals surface area contributed by atoms with Gasteiger partial charge in [0.1, 0.15) is 5.76 Å². The molecule has 0 unspecified atom stereocenters. The number of hydrogen-bond acceptors (Lipinski definition) is 3. The fourth-order valence-corrected chi connectivity index (χ4v) is 5.58. The number of hydrogen-bond donors (Lipinski definition) is 0. The molecule has 0 atom stereocenters. The Labute approximate surface area is 212 Å². The van der Waals surface area contributed by atoms with Crippen molar-refractivity contribution in [2.45, 2.75) is 38.3 Å². The Kier molecular flexibility index (Phi) is 5.89. The van der Waals surface area contributed by atoms with Crippen molar-refractivity contribution in [3.63, 3.8) is 0 Å². The monoisotopic (exact) mass is 505 g/mol. The minimum atomic E-state index is -4.56. The number of aryl methyl sites for hydroxylation is 1. The van der Waals surface area contributed by atoms with Crippen LogP contribution in [0.2, 0.25) is 0 Å². The van der Waals surface area contributed by atoms with Gasteiger partial charge in [-0.1, -0.05) is 30.3 Å². The third kappa shape index (κ3) is 4.45. The Morgan fingerprint density at radius 2 is 1.70 bits per heavy atom. The minimum absolute atomic E-state index is 0.0553. The molecule has 0 radical (unpaired) electrons. The number of alkyl halides is 3. The van der Waals surface area contributed by atoms with E-state index in [1.165, 1.54) is 16.5 Å². The van der Waals surface area contributed by atoms with E-state index in [2.05, 4.69) is 29.4 Å². The summed E-state index contributed by atoms with van der Waals surface area (Å²) in [6, 6.07) is 18.8. The molecule has 0 saturated carbocycles. The van der Waals surface area contributed by atoms with Crippen molar-refractivity contribution < 1.29 is 22.4 Å². The van der Waals surface area contributed by atoms with Crippen LogP contribution < -0.4 is 0 Å². The van der Waals surface area contributed by atoms with E-state index < -0.39 is 11.9 Å². The first-order valence-corrected chi connectivity index (χ1v) is 12.6. The largest absolute Gasteiger partial charge is 0.469 e. The first-order chi connectivity index (χ1) is 17.9. The number of halogens is 3. The second-order valence-corrected chi connectivity index (χ2v) is 9.81. The average molecular weight is 506 g/mol. The van der Waals surface area contributed by atoms with E-state index in [-0.39, 0.29) is 17.9 Å². The summed E-state index contributed by atoms with van der Waals surface area (Å²) in [5, 5.41) is 3.97. The van der Waals surface area contributed by atoms with Crippen molar-refractivity contribution in [3.05, 3.63) is 95.1 Å². The van der Waals surface area contributed by atoms with Crippen LogP contribution in [0.4, 0.5) is 13.2 Å². The molecule has 5 nitrogen and oxygen atoms in total. The van der Waals surface area contributed by atoms with Crippen molar-refractivity contribution >= 4 is 5.91 Å². The van der Waals surface area contributed by atoms with E-state index in [0.29, 0.717) is 53.7 Å². The standard InChI is InChI=1S/C29H26F3N3O2/c30-29(31,32)27-24-10-11-25-23(14-17-37-25)26(24)35(33-27)22-8-6-21(7-9-22)28(36)34-15-12-20(13-16-34)18-19-4-2-1-3-5-19/h1-9,14,17,20H,10-13,15-16,18H2. The molecular weight excluding hydrogens is 479 g/mol. The van der Waals surface area contributed by atoms with Crippen molar-refractivity contribution in [1.82, 2.24) is 14.7 Å². The lowest BCUT2D eigenvalue weighted by molar-refractivity contribution is -0.142. The van der Waals surface area contributed by atoms with Gasteiger partial charge in [0.2, 0.25) is 0 Å². The molecule has 0 spiro atoms. The highest BCUT2D eigenvalue weighted by atomic mass is 19.4. The molecule has 1 aliphatic heterocycles. The Bertz CT molecular complexity index is 1410. The second kappa shape index (κ2) is 9.25. The van der Waals surface area contributed by atoms with Crippen LogP contribution in [0.3, 0.4) is 0 Å². The lowest BCUT2D eigenvalue weighted by Gasteiger charge is -2.32. The molecule has 2 aliphatic rings. The Balaban J connectivity index is 1.20. The molecule has 4 aromatic rings. The van der Waals surface area contributed by atoms with Crippen molar-refractivity contribution in [2.24, 2.45) is 5.92 Å². The van der Waals surface area contributed by atoms with Crippen LogP contribution >= 0.6 is 0 Å². The maximum atomic E-state index is 13.8. The molecule has 1 saturated heterocycles. The lowest BCUT2D eigenvalue weighted by atomic mass is 9.90. The zero-order valence-electron chi connectivity index (χ0n) is 20.2. The summed E-state index contributed by atoms with van der Waals surface area (Å²) in [5.41, 5.74) is 2.66. The van der Waals surface area contributed by atoms with Gasteiger partial charge in [-0.05, 0) is 67.5 Å². The van der Waals surface area contributed by atoms with Gasteiger partial charge in [-0.2, -0.15) is 18.3 Å².